The van der Waals surface area contributed by atoms with Crippen molar-refractivity contribution >= 4 is 63.5 Å². The topological polar surface area (TPSA) is 189 Å². The summed E-state index contributed by atoms with van der Waals surface area (Å²) < 4.78 is 0. The number of aromatic amines is 1. The van der Waals surface area contributed by atoms with E-state index in [4.69, 9.17) is 10.6 Å². The second kappa shape index (κ2) is 10.3. The summed E-state index contributed by atoms with van der Waals surface area (Å²) in [6, 6.07) is -0.515. The molecule has 5 N–H and O–H groups in total. The first-order chi connectivity index (χ1) is 16.4. The van der Waals surface area contributed by atoms with Gasteiger partial charge in [0.25, 0.3) is 5.91 Å². The molecule has 2 unspecified atom stereocenters. The number of anilines is 1. The molecule has 0 bridgehead atoms. The van der Waals surface area contributed by atoms with E-state index < -0.39 is 23.3 Å². The van der Waals surface area contributed by atoms with Crippen molar-refractivity contribution < 1.29 is 24.3 Å². The predicted octanol–water partition coefficient (Wildman–Crippen LogP) is 0.629. The summed E-state index contributed by atoms with van der Waals surface area (Å²) in [5, 5.41) is 28.4. The van der Waals surface area contributed by atoms with Crippen LogP contribution < -0.4 is 11.1 Å². The molecule has 1 saturated heterocycles. The average molecular weight is 523 g/mol. The van der Waals surface area contributed by atoms with Gasteiger partial charge in [-0.2, -0.15) is 10.3 Å². The van der Waals surface area contributed by atoms with Gasteiger partial charge in [-0.1, -0.05) is 34.8 Å². The van der Waals surface area contributed by atoms with Crippen molar-refractivity contribution in [2.45, 2.75) is 22.9 Å². The van der Waals surface area contributed by atoms with Crippen molar-refractivity contribution in [3.63, 3.8) is 0 Å². The van der Waals surface area contributed by atoms with Crippen molar-refractivity contribution in [3.05, 3.63) is 40.0 Å². The molecule has 178 valence electrons. The highest BCUT2D eigenvalue weighted by Gasteiger charge is 2.50. The standard InChI is InChI=1S/C18H18N8O5S3/c1-31-24-13(8-7-33-18(19)21-8)15(28)22-16-9-5-12(27)26(9)14(17(29)30)10(34-16)3-2-4-32-11-6-20-25-23-11/h2-3,6-7,9,16H,4-5H2,1H3,(H2,19,21)(H,22,28)(H,29,30)(H,20,23,25)/b3-2+,24-13?. The Balaban J connectivity index is 1.54. The molecule has 1 fully saturated rings. The van der Waals surface area contributed by atoms with Crippen LogP contribution in [0.5, 0.6) is 0 Å². The minimum Gasteiger partial charge on any atom is -0.477 e. The fourth-order valence-electron chi connectivity index (χ4n) is 3.26. The van der Waals surface area contributed by atoms with Crippen LogP contribution in [-0.4, -0.2) is 78.2 Å². The lowest BCUT2D eigenvalue weighted by atomic mass is 9.99. The molecule has 0 spiro atoms. The number of amides is 2. The first-order valence-electron chi connectivity index (χ1n) is 9.63. The highest BCUT2D eigenvalue weighted by Crippen LogP contribution is 2.43. The van der Waals surface area contributed by atoms with E-state index in [0.29, 0.717) is 15.7 Å². The van der Waals surface area contributed by atoms with Gasteiger partial charge in [-0.25, -0.2) is 9.78 Å². The average Bonchev–Trinajstić information content (AvgIpc) is 3.46. The maximum atomic E-state index is 13.0. The molecule has 4 rings (SSSR count). The van der Waals surface area contributed by atoms with E-state index in [-0.39, 0.29) is 34.6 Å². The zero-order chi connectivity index (χ0) is 24.2. The smallest absolute Gasteiger partial charge is 0.353 e. The number of carboxylic acid groups (broad SMARTS) is 1. The van der Waals surface area contributed by atoms with Gasteiger partial charge in [0.15, 0.2) is 10.8 Å². The van der Waals surface area contributed by atoms with E-state index in [1.807, 2.05) is 0 Å². The number of H-pyrrole nitrogens is 1. The maximum absolute atomic E-state index is 13.0. The van der Waals surface area contributed by atoms with Gasteiger partial charge in [0.2, 0.25) is 5.91 Å². The van der Waals surface area contributed by atoms with Gasteiger partial charge in [-0.05, 0) is 6.08 Å². The lowest BCUT2D eigenvalue weighted by Gasteiger charge is -2.48. The molecule has 2 aliphatic rings. The molecule has 2 aromatic heterocycles. The van der Waals surface area contributed by atoms with E-state index in [2.05, 4.69) is 30.9 Å². The normalized spacial score (nSPS) is 20.3. The number of thiazole rings is 1. The number of nitrogens with zero attached hydrogens (tertiary/aromatic N) is 5. The number of allylic oxidation sites excluding steroid dienone is 1. The van der Waals surface area contributed by atoms with Crippen molar-refractivity contribution in [1.29, 1.82) is 0 Å². The Hall–Kier alpha value is -3.37. The van der Waals surface area contributed by atoms with Crippen molar-refractivity contribution in [1.82, 2.24) is 30.6 Å². The first-order valence-corrected chi connectivity index (χ1v) is 12.4. The van der Waals surface area contributed by atoms with Crippen LogP contribution in [0.25, 0.3) is 0 Å². The van der Waals surface area contributed by atoms with Gasteiger partial charge in [0, 0.05) is 16.0 Å². The number of oxime groups is 1. The van der Waals surface area contributed by atoms with Gasteiger partial charge in [0.05, 0.1) is 18.7 Å². The summed E-state index contributed by atoms with van der Waals surface area (Å²) in [5.74, 6) is -1.65. The largest absolute Gasteiger partial charge is 0.477 e. The molecule has 2 amide bonds. The number of aromatic nitrogens is 4. The number of nitrogens with two attached hydrogens (primary N) is 1. The van der Waals surface area contributed by atoms with Crippen LogP contribution >= 0.6 is 34.9 Å². The van der Waals surface area contributed by atoms with E-state index in [0.717, 1.165) is 23.1 Å². The minimum absolute atomic E-state index is 0.0811. The van der Waals surface area contributed by atoms with Crippen LogP contribution in [0.3, 0.4) is 0 Å². The third-order valence-electron chi connectivity index (χ3n) is 4.69. The highest BCUT2D eigenvalue weighted by atomic mass is 32.2. The fourth-order valence-corrected chi connectivity index (χ4v) is 5.69. The number of nitrogen functional groups attached to an aromatic ring is 1. The molecule has 0 aromatic carbocycles. The van der Waals surface area contributed by atoms with Crippen molar-refractivity contribution in [2.75, 3.05) is 18.6 Å². The molecule has 2 aromatic rings. The number of carboxylic acids is 1. The summed E-state index contributed by atoms with van der Waals surface area (Å²) in [6.07, 6.45) is 5.05. The second-order valence-electron chi connectivity index (χ2n) is 6.78. The lowest BCUT2D eigenvalue weighted by Crippen LogP contribution is -2.63. The monoisotopic (exact) mass is 522 g/mol. The van der Waals surface area contributed by atoms with Crippen molar-refractivity contribution in [2.24, 2.45) is 5.16 Å². The number of hydrogen-bond donors (Lipinski definition) is 4. The number of carbonyl (C=O) groups is 3. The Morgan fingerprint density at radius 2 is 2.35 bits per heavy atom. The Morgan fingerprint density at radius 1 is 1.53 bits per heavy atom. The lowest BCUT2D eigenvalue weighted by molar-refractivity contribution is -0.149. The van der Waals surface area contributed by atoms with Gasteiger partial charge in [-0.15, -0.1) is 16.4 Å². The number of hydrogen-bond acceptors (Lipinski definition) is 12. The predicted molar refractivity (Wildman–Crippen MR) is 126 cm³/mol. The van der Waals surface area contributed by atoms with Crippen LogP contribution in [0.2, 0.25) is 0 Å². The molecule has 13 nitrogen and oxygen atoms in total. The third-order valence-corrected chi connectivity index (χ3v) is 7.48. The SMILES string of the molecule is CON=C(C(=O)NC1SC(/C=C/CSc2cn[nH]n2)=C(C(=O)O)N2C(=O)CC12)c1csc(N)n1. The quantitative estimate of drug-likeness (QED) is 0.156. The summed E-state index contributed by atoms with van der Waals surface area (Å²) in [4.78, 5) is 47.7. The summed E-state index contributed by atoms with van der Waals surface area (Å²) >= 11 is 3.69. The highest BCUT2D eigenvalue weighted by molar-refractivity contribution is 8.04. The number of fused-ring (bicyclic) bond motifs is 1. The van der Waals surface area contributed by atoms with Gasteiger partial charge >= 0.3 is 5.97 Å². The van der Waals surface area contributed by atoms with Crippen LogP contribution in [0.1, 0.15) is 12.1 Å². The molecule has 0 saturated carbocycles. The Morgan fingerprint density at radius 3 is 2.97 bits per heavy atom. The Kier molecular flexibility index (Phi) is 7.18. The van der Waals surface area contributed by atoms with Crippen molar-refractivity contribution in [3.8, 4) is 0 Å². The van der Waals surface area contributed by atoms with Crippen LogP contribution in [-0.2, 0) is 19.2 Å². The molecular formula is C18H18N8O5S3. The van der Waals surface area contributed by atoms with Crippen LogP contribution in [0, 0.1) is 0 Å². The summed E-state index contributed by atoms with van der Waals surface area (Å²) in [6.45, 7) is 0. The van der Waals surface area contributed by atoms with E-state index in [1.54, 1.807) is 23.7 Å². The van der Waals surface area contributed by atoms with Gasteiger partial charge < -0.3 is 21.0 Å². The molecule has 0 radical (unpaired) electrons. The Bertz CT molecular complexity index is 1190. The molecule has 16 heteroatoms. The Labute approximate surface area is 204 Å². The van der Waals surface area contributed by atoms with Gasteiger partial charge in [0.1, 0.15) is 28.9 Å². The van der Waals surface area contributed by atoms with Crippen LogP contribution in [0.15, 0.2) is 44.5 Å². The van der Waals surface area contributed by atoms with Crippen LogP contribution in [0.4, 0.5) is 5.13 Å². The number of thioether (sulfide) groups is 2. The zero-order valence-electron chi connectivity index (χ0n) is 17.5. The zero-order valence-corrected chi connectivity index (χ0v) is 19.9. The molecular weight excluding hydrogens is 504 g/mol. The van der Waals surface area contributed by atoms with Gasteiger partial charge in [-0.3, -0.25) is 14.5 Å². The molecule has 0 aliphatic carbocycles. The number of rotatable bonds is 9. The second-order valence-corrected chi connectivity index (χ2v) is 9.89. The maximum Gasteiger partial charge on any atom is 0.353 e. The number of aliphatic carboxylic acids is 1. The van der Waals surface area contributed by atoms with E-state index >= 15 is 0 Å². The molecule has 2 atom stereocenters. The minimum atomic E-state index is -1.22. The van der Waals surface area contributed by atoms with E-state index in [9.17, 15) is 19.5 Å². The first kappa shape index (κ1) is 23.8. The van der Waals surface area contributed by atoms with E-state index in [1.165, 1.54) is 23.8 Å². The summed E-state index contributed by atoms with van der Waals surface area (Å²) in [7, 11) is 1.30. The fraction of sp³-hybridized carbons (Fsp3) is 0.278. The number of carbonyl (C=O) groups excluding carboxylic acids is 2. The molecule has 4 heterocycles. The number of nitrogens with one attached hydrogen (secondary N) is 2. The molecule has 34 heavy (non-hydrogen) atoms. The third kappa shape index (κ3) is 4.92. The summed E-state index contributed by atoms with van der Waals surface area (Å²) in [5.41, 5.74) is 5.72. The number of β-lactam (4-membered cyclic amide) rings is 1. The molecule has 2 aliphatic heterocycles.